The number of aliphatic hydroxyl groups is 1. The second-order valence-electron chi connectivity index (χ2n) is 4.98. The lowest BCUT2D eigenvalue weighted by Gasteiger charge is -2.33. The molecule has 2 N–H and O–H groups in total. The molecule has 0 bridgehead atoms. The first-order chi connectivity index (χ1) is 10.0. The van der Waals surface area contributed by atoms with Crippen LogP contribution in [-0.4, -0.2) is 54.9 Å². The Labute approximate surface area is 133 Å². The predicted octanol–water partition coefficient (Wildman–Crippen LogP) is 1.93. The average Bonchev–Trinajstić information content (AvgIpc) is 2.48. The number of ether oxygens (including phenoxy) is 1. The van der Waals surface area contributed by atoms with E-state index in [1.807, 2.05) is 11.8 Å². The first kappa shape index (κ1) is 16.5. The number of nitrogens with zero attached hydrogens (tertiary/aromatic N) is 1. The first-order valence-corrected chi connectivity index (χ1v) is 7.45. The number of amides is 1. The van der Waals surface area contributed by atoms with Gasteiger partial charge in [0.2, 0.25) is 5.91 Å². The molecule has 1 aromatic carbocycles. The zero-order chi connectivity index (χ0) is 15.4. The third kappa shape index (κ3) is 4.08. The molecule has 21 heavy (non-hydrogen) atoms. The summed E-state index contributed by atoms with van der Waals surface area (Å²) in [6.07, 6.45) is 0. The van der Waals surface area contributed by atoms with Crippen LogP contribution in [0.15, 0.2) is 12.1 Å². The lowest BCUT2D eigenvalue weighted by atomic mass is 10.2. The SMILES string of the molecule is Cc1ccc(Cl)c(NC(=O)CN2CCOCC2CO)c1Cl. The molecule has 1 aromatic rings. The van der Waals surface area contributed by atoms with Crippen LogP contribution in [-0.2, 0) is 9.53 Å². The summed E-state index contributed by atoms with van der Waals surface area (Å²) in [4.78, 5) is 14.1. The second kappa shape index (κ2) is 7.42. The van der Waals surface area contributed by atoms with E-state index in [-0.39, 0.29) is 25.1 Å². The molecule has 5 nitrogen and oxygen atoms in total. The van der Waals surface area contributed by atoms with Crippen molar-refractivity contribution in [1.82, 2.24) is 4.90 Å². The normalized spacial score (nSPS) is 19.5. The molecule has 0 radical (unpaired) electrons. The van der Waals surface area contributed by atoms with E-state index < -0.39 is 0 Å². The number of hydrogen-bond donors (Lipinski definition) is 2. The van der Waals surface area contributed by atoms with Crippen LogP contribution >= 0.6 is 23.2 Å². The molecule has 1 unspecified atom stereocenters. The van der Waals surface area contributed by atoms with Gasteiger partial charge in [-0.25, -0.2) is 0 Å². The molecule has 0 aliphatic carbocycles. The van der Waals surface area contributed by atoms with E-state index in [0.29, 0.717) is 35.5 Å². The van der Waals surface area contributed by atoms with Gasteiger partial charge in [-0.3, -0.25) is 9.69 Å². The Morgan fingerprint density at radius 1 is 1.52 bits per heavy atom. The lowest BCUT2D eigenvalue weighted by molar-refractivity contribution is -0.120. The molecule has 1 fully saturated rings. The number of carbonyl (C=O) groups excluding carboxylic acids is 1. The van der Waals surface area contributed by atoms with Gasteiger partial charge in [0, 0.05) is 6.54 Å². The van der Waals surface area contributed by atoms with Gasteiger partial charge in [0.25, 0.3) is 0 Å². The molecule has 1 amide bonds. The number of anilines is 1. The highest BCUT2D eigenvalue weighted by Crippen LogP contribution is 2.32. The van der Waals surface area contributed by atoms with Crippen molar-refractivity contribution >= 4 is 34.8 Å². The average molecular weight is 333 g/mol. The molecule has 2 rings (SSSR count). The maximum absolute atomic E-state index is 12.2. The van der Waals surface area contributed by atoms with Crippen molar-refractivity contribution < 1.29 is 14.6 Å². The number of rotatable bonds is 4. The largest absolute Gasteiger partial charge is 0.395 e. The maximum Gasteiger partial charge on any atom is 0.238 e. The van der Waals surface area contributed by atoms with Crippen LogP contribution in [0.4, 0.5) is 5.69 Å². The third-order valence-electron chi connectivity index (χ3n) is 3.46. The molecule has 0 saturated carbocycles. The Morgan fingerprint density at radius 2 is 2.29 bits per heavy atom. The first-order valence-electron chi connectivity index (χ1n) is 6.70. The van der Waals surface area contributed by atoms with Gasteiger partial charge in [-0.2, -0.15) is 0 Å². The summed E-state index contributed by atoms with van der Waals surface area (Å²) < 4.78 is 5.28. The lowest BCUT2D eigenvalue weighted by Crippen LogP contribution is -2.50. The van der Waals surface area contributed by atoms with Crippen molar-refractivity contribution in [1.29, 1.82) is 0 Å². The van der Waals surface area contributed by atoms with Gasteiger partial charge in [0.05, 0.1) is 48.1 Å². The van der Waals surface area contributed by atoms with Crippen molar-refractivity contribution in [3.05, 3.63) is 27.7 Å². The van der Waals surface area contributed by atoms with Crippen molar-refractivity contribution in [2.45, 2.75) is 13.0 Å². The van der Waals surface area contributed by atoms with Gasteiger partial charge >= 0.3 is 0 Å². The highest BCUT2D eigenvalue weighted by Gasteiger charge is 2.24. The molecule has 1 aliphatic rings. The molecular weight excluding hydrogens is 315 g/mol. The summed E-state index contributed by atoms with van der Waals surface area (Å²) in [5.41, 5.74) is 1.27. The quantitative estimate of drug-likeness (QED) is 0.884. The van der Waals surface area contributed by atoms with Gasteiger partial charge in [-0.05, 0) is 18.6 Å². The van der Waals surface area contributed by atoms with Crippen molar-refractivity contribution in [2.24, 2.45) is 0 Å². The Morgan fingerprint density at radius 3 is 3.00 bits per heavy atom. The summed E-state index contributed by atoms with van der Waals surface area (Å²) in [6, 6.07) is 3.33. The van der Waals surface area contributed by atoms with E-state index in [1.54, 1.807) is 12.1 Å². The zero-order valence-corrected chi connectivity index (χ0v) is 13.2. The number of hydrogen-bond acceptors (Lipinski definition) is 4. The van der Waals surface area contributed by atoms with Crippen LogP contribution in [0.3, 0.4) is 0 Å². The number of aliphatic hydroxyl groups excluding tert-OH is 1. The molecule has 0 aromatic heterocycles. The van der Waals surface area contributed by atoms with Crippen molar-refractivity contribution in [2.75, 3.05) is 38.2 Å². The number of halogens is 2. The van der Waals surface area contributed by atoms with E-state index in [2.05, 4.69) is 5.32 Å². The van der Waals surface area contributed by atoms with E-state index in [9.17, 15) is 9.90 Å². The fraction of sp³-hybridized carbons (Fsp3) is 0.500. The van der Waals surface area contributed by atoms with Crippen LogP contribution in [0.25, 0.3) is 0 Å². The highest BCUT2D eigenvalue weighted by atomic mass is 35.5. The molecule has 7 heteroatoms. The summed E-state index contributed by atoms with van der Waals surface area (Å²) in [5.74, 6) is -0.218. The molecule has 1 saturated heterocycles. The number of nitrogens with one attached hydrogen (secondary N) is 1. The Hall–Kier alpha value is -0.850. The van der Waals surface area contributed by atoms with E-state index in [0.717, 1.165) is 5.56 Å². The van der Waals surface area contributed by atoms with Gasteiger partial charge in [-0.1, -0.05) is 29.3 Å². The summed E-state index contributed by atoms with van der Waals surface area (Å²) in [7, 11) is 0. The molecule has 116 valence electrons. The van der Waals surface area contributed by atoms with Gasteiger partial charge in [0.1, 0.15) is 0 Å². The Kier molecular flexibility index (Phi) is 5.84. The highest BCUT2D eigenvalue weighted by molar-refractivity contribution is 6.40. The van der Waals surface area contributed by atoms with E-state index >= 15 is 0 Å². The van der Waals surface area contributed by atoms with E-state index in [4.69, 9.17) is 27.9 Å². The minimum Gasteiger partial charge on any atom is -0.395 e. The van der Waals surface area contributed by atoms with Gasteiger partial charge in [0.15, 0.2) is 0 Å². The van der Waals surface area contributed by atoms with Crippen LogP contribution < -0.4 is 5.32 Å². The summed E-state index contributed by atoms with van der Waals surface area (Å²) in [6.45, 7) is 3.55. The summed E-state index contributed by atoms with van der Waals surface area (Å²) >= 11 is 12.2. The molecule has 1 aliphatic heterocycles. The minimum absolute atomic E-state index is 0.0424. The van der Waals surface area contributed by atoms with Crippen molar-refractivity contribution in [3.63, 3.8) is 0 Å². The predicted molar refractivity (Wildman–Crippen MR) is 83.1 cm³/mol. The summed E-state index contributed by atoms with van der Waals surface area (Å²) in [5, 5.41) is 12.9. The smallest absolute Gasteiger partial charge is 0.238 e. The maximum atomic E-state index is 12.2. The zero-order valence-electron chi connectivity index (χ0n) is 11.7. The minimum atomic E-state index is -0.218. The van der Waals surface area contributed by atoms with Crippen LogP contribution in [0.5, 0.6) is 0 Å². The van der Waals surface area contributed by atoms with Gasteiger partial charge < -0.3 is 15.2 Å². The molecule has 0 spiro atoms. The van der Waals surface area contributed by atoms with Gasteiger partial charge in [-0.15, -0.1) is 0 Å². The van der Waals surface area contributed by atoms with Crippen molar-refractivity contribution in [3.8, 4) is 0 Å². The second-order valence-corrected chi connectivity index (χ2v) is 5.77. The van der Waals surface area contributed by atoms with E-state index in [1.165, 1.54) is 0 Å². The Bertz CT molecular complexity index is 525. The molecule has 1 heterocycles. The number of morpholine rings is 1. The van der Waals surface area contributed by atoms with Crippen LogP contribution in [0.2, 0.25) is 10.0 Å². The third-order valence-corrected chi connectivity index (χ3v) is 4.26. The topological polar surface area (TPSA) is 61.8 Å². The van der Waals surface area contributed by atoms with Crippen LogP contribution in [0.1, 0.15) is 5.56 Å². The number of benzene rings is 1. The molecule has 1 atom stereocenters. The van der Waals surface area contributed by atoms with Crippen LogP contribution in [0, 0.1) is 6.92 Å². The number of aryl methyl sites for hydroxylation is 1. The fourth-order valence-electron chi connectivity index (χ4n) is 2.20. The number of carbonyl (C=O) groups is 1. The fourth-order valence-corrected chi connectivity index (χ4v) is 2.67. The monoisotopic (exact) mass is 332 g/mol. The standard InChI is InChI=1S/C14H18Cl2N2O3/c1-9-2-3-11(15)14(13(9)16)17-12(20)6-18-4-5-21-8-10(18)7-19/h2-3,10,19H,4-8H2,1H3,(H,17,20). The Balaban J connectivity index is 2.03. The molecular formula is C14H18Cl2N2O3.